The smallest absolute Gasteiger partial charge is 0.407 e. The van der Waals surface area contributed by atoms with E-state index in [2.05, 4.69) is 5.32 Å². The molecular weight excluding hydrogens is 318 g/mol. The van der Waals surface area contributed by atoms with Gasteiger partial charge in [-0.25, -0.2) is 4.79 Å². The molecule has 0 heterocycles. The maximum atomic E-state index is 12.0. The quantitative estimate of drug-likeness (QED) is 0.799. The van der Waals surface area contributed by atoms with Gasteiger partial charge in [0, 0.05) is 0 Å². The van der Waals surface area contributed by atoms with Gasteiger partial charge >= 0.3 is 12.1 Å². The third-order valence-corrected chi connectivity index (χ3v) is 4.27. The highest BCUT2D eigenvalue weighted by atomic mass is 16.5. The number of carboxylic acid groups (broad SMARTS) is 1. The van der Waals surface area contributed by atoms with Crippen LogP contribution in [0.3, 0.4) is 0 Å². The van der Waals surface area contributed by atoms with Gasteiger partial charge in [0.2, 0.25) is 0 Å². The number of hydrogen-bond donors (Lipinski definition) is 2. The number of alkyl carbamates (subject to hydrolysis) is 1. The van der Waals surface area contributed by atoms with Crippen molar-refractivity contribution < 1.29 is 19.4 Å². The Labute approximate surface area is 146 Å². The molecule has 1 aliphatic carbocycles. The summed E-state index contributed by atoms with van der Waals surface area (Å²) < 4.78 is 5.19. The minimum Gasteiger partial charge on any atom is -0.481 e. The van der Waals surface area contributed by atoms with Gasteiger partial charge in [-0.05, 0) is 35.4 Å². The van der Waals surface area contributed by atoms with E-state index in [4.69, 9.17) is 9.84 Å². The molecule has 5 heteroatoms. The first-order chi connectivity index (χ1) is 12.1. The van der Waals surface area contributed by atoms with Crippen molar-refractivity contribution in [3.63, 3.8) is 0 Å². The van der Waals surface area contributed by atoms with E-state index in [1.807, 2.05) is 54.6 Å². The molecule has 1 saturated carbocycles. The minimum absolute atomic E-state index is 0.146. The molecule has 0 unspecified atom stereocenters. The summed E-state index contributed by atoms with van der Waals surface area (Å²) in [4.78, 5) is 23.2. The van der Waals surface area contributed by atoms with Crippen molar-refractivity contribution in [1.82, 2.24) is 5.32 Å². The molecule has 2 aromatic carbocycles. The lowest BCUT2D eigenvalue weighted by molar-refractivity contribution is -0.137. The molecule has 3 rings (SSSR count). The average Bonchev–Trinajstić information content (AvgIpc) is 3.45. The van der Waals surface area contributed by atoms with E-state index < -0.39 is 18.1 Å². The van der Waals surface area contributed by atoms with Gasteiger partial charge in [0.25, 0.3) is 0 Å². The van der Waals surface area contributed by atoms with E-state index in [0.29, 0.717) is 5.92 Å². The van der Waals surface area contributed by atoms with Crippen LogP contribution in [-0.2, 0) is 16.1 Å². The van der Waals surface area contributed by atoms with Crippen molar-refractivity contribution in [2.45, 2.75) is 37.8 Å². The first-order valence-corrected chi connectivity index (χ1v) is 8.40. The normalized spacial score (nSPS) is 14.6. The largest absolute Gasteiger partial charge is 0.481 e. The average molecular weight is 339 g/mol. The Balaban J connectivity index is 1.61. The van der Waals surface area contributed by atoms with Crippen LogP contribution in [0, 0.1) is 0 Å². The fourth-order valence-corrected chi connectivity index (χ4v) is 2.75. The van der Waals surface area contributed by atoms with Crippen LogP contribution < -0.4 is 5.32 Å². The number of nitrogens with one attached hydrogen (secondary N) is 1. The Bertz CT molecular complexity index is 723. The number of rotatable bonds is 7. The summed E-state index contributed by atoms with van der Waals surface area (Å²) in [7, 11) is 0. The second kappa shape index (κ2) is 7.83. The van der Waals surface area contributed by atoms with Crippen molar-refractivity contribution in [2.24, 2.45) is 0 Å². The molecule has 1 fully saturated rings. The molecule has 0 saturated heterocycles. The van der Waals surface area contributed by atoms with Crippen LogP contribution >= 0.6 is 0 Å². The van der Waals surface area contributed by atoms with Gasteiger partial charge in [0.15, 0.2) is 0 Å². The number of amides is 1. The molecule has 0 aliphatic heterocycles. The molecule has 0 spiro atoms. The highest BCUT2D eigenvalue weighted by molar-refractivity contribution is 5.72. The Kier molecular flexibility index (Phi) is 5.33. The van der Waals surface area contributed by atoms with E-state index in [0.717, 1.165) is 11.1 Å². The third-order valence-electron chi connectivity index (χ3n) is 4.27. The van der Waals surface area contributed by atoms with Crippen molar-refractivity contribution >= 4 is 12.1 Å². The molecule has 0 bridgehead atoms. The van der Waals surface area contributed by atoms with Gasteiger partial charge in [0.05, 0.1) is 12.5 Å². The molecule has 25 heavy (non-hydrogen) atoms. The molecule has 1 aliphatic rings. The van der Waals surface area contributed by atoms with Crippen molar-refractivity contribution in [2.75, 3.05) is 0 Å². The highest BCUT2D eigenvalue weighted by Crippen LogP contribution is 2.40. The van der Waals surface area contributed by atoms with E-state index in [1.54, 1.807) is 0 Å². The second-order valence-corrected chi connectivity index (χ2v) is 6.30. The Morgan fingerprint density at radius 1 is 1.08 bits per heavy atom. The van der Waals surface area contributed by atoms with Crippen molar-refractivity contribution in [1.29, 1.82) is 0 Å². The zero-order chi connectivity index (χ0) is 17.6. The maximum absolute atomic E-state index is 12.0. The van der Waals surface area contributed by atoms with Gasteiger partial charge in [-0.2, -0.15) is 0 Å². The lowest BCUT2D eigenvalue weighted by Gasteiger charge is -2.18. The third kappa shape index (κ3) is 5.08. The van der Waals surface area contributed by atoms with Crippen LogP contribution in [0.25, 0.3) is 0 Å². The number of ether oxygens (including phenoxy) is 1. The summed E-state index contributed by atoms with van der Waals surface area (Å²) in [5, 5.41) is 11.8. The summed E-state index contributed by atoms with van der Waals surface area (Å²) in [6.45, 7) is 0.146. The standard InChI is InChI=1S/C20H21NO4/c22-19(23)12-18(17-10-8-16(9-11-17)15-6-7-15)21-20(24)25-13-14-4-2-1-3-5-14/h1-5,8-11,15,18H,6-7,12-13H2,(H,21,24)(H,22,23)/t18-/m0/s1. The molecular formula is C20H21NO4. The van der Waals surface area contributed by atoms with Gasteiger partial charge in [-0.1, -0.05) is 54.6 Å². The van der Waals surface area contributed by atoms with Gasteiger partial charge in [-0.15, -0.1) is 0 Å². The predicted molar refractivity (Wildman–Crippen MR) is 93.2 cm³/mol. The summed E-state index contributed by atoms with van der Waals surface area (Å²) in [5.74, 6) is -0.338. The lowest BCUT2D eigenvalue weighted by atomic mass is 10.0. The van der Waals surface area contributed by atoms with E-state index in [-0.39, 0.29) is 13.0 Å². The second-order valence-electron chi connectivity index (χ2n) is 6.30. The zero-order valence-corrected chi connectivity index (χ0v) is 13.9. The number of carboxylic acids is 1. The fourth-order valence-electron chi connectivity index (χ4n) is 2.75. The molecule has 0 aromatic heterocycles. The molecule has 5 nitrogen and oxygen atoms in total. The van der Waals surface area contributed by atoms with E-state index >= 15 is 0 Å². The van der Waals surface area contributed by atoms with Crippen LogP contribution in [0.2, 0.25) is 0 Å². The topological polar surface area (TPSA) is 75.6 Å². The van der Waals surface area contributed by atoms with Gasteiger partial charge < -0.3 is 15.2 Å². The first-order valence-electron chi connectivity index (χ1n) is 8.40. The van der Waals surface area contributed by atoms with Gasteiger partial charge in [0.1, 0.15) is 6.61 Å². The van der Waals surface area contributed by atoms with Crippen LogP contribution in [0.1, 0.15) is 47.9 Å². The maximum Gasteiger partial charge on any atom is 0.407 e. The Hall–Kier alpha value is -2.82. The molecule has 1 amide bonds. The van der Waals surface area contributed by atoms with Crippen LogP contribution in [0.5, 0.6) is 0 Å². The van der Waals surface area contributed by atoms with Crippen molar-refractivity contribution in [3.05, 3.63) is 71.3 Å². The van der Waals surface area contributed by atoms with Crippen LogP contribution in [-0.4, -0.2) is 17.2 Å². The highest BCUT2D eigenvalue weighted by Gasteiger charge is 2.24. The van der Waals surface area contributed by atoms with Gasteiger partial charge in [-0.3, -0.25) is 4.79 Å². The summed E-state index contributed by atoms with van der Waals surface area (Å²) >= 11 is 0. The summed E-state index contributed by atoms with van der Waals surface area (Å²) in [5.41, 5.74) is 2.91. The number of aliphatic carboxylic acids is 1. The number of carbonyl (C=O) groups is 2. The molecule has 0 radical (unpaired) electrons. The lowest BCUT2D eigenvalue weighted by Crippen LogP contribution is -2.30. The Morgan fingerprint density at radius 3 is 2.36 bits per heavy atom. The molecule has 2 aromatic rings. The van der Waals surface area contributed by atoms with E-state index in [9.17, 15) is 9.59 Å². The monoisotopic (exact) mass is 339 g/mol. The van der Waals surface area contributed by atoms with Crippen molar-refractivity contribution in [3.8, 4) is 0 Å². The summed E-state index contributed by atoms with van der Waals surface area (Å²) in [6, 6.07) is 16.5. The molecule has 1 atom stereocenters. The fraction of sp³-hybridized carbons (Fsp3) is 0.300. The molecule has 2 N–H and O–H groups in total. The Morgan fingerprint density at radius 2 is 1.76 bits per heavy atom. The predicted octanol–water partition coefficient (Wildman–Crippen LogP) is 4.01. The zero-order valence-electron chi connectivity index (χ0n) is 13.9. The van der Waals surface area contributed by atoms with E-state index in [1.165, 1.54) is 18.4 Å². The minimum atomic E-state index is -0.973. The first kappa shape index (κ1) is 17.0. The van der Waals surface area contributed by atoms with Crippen LogP contribution in [0.15, 0.2) is 54.6 Å². The number of carbonyl (C=O) groups excluding carboxylic acids is 1. The van der Waals surface area contributed by atoms with Crippen LogP contribution in [0.4, 0.5) is 4.79 Å². The summed E-state index contributed by atoms with van der Waals surface area (Å²) in [6.07, 6.45) is 1.61. The number of benzene rings is 2. The molecule has 130 valence electrons. The SMILES string of the molecule is O=C(O)C[C@H](NC(=O)OCc1ccccc1)c1ccc(C2CC2)cc1. The number of hydrogen-bond acceptors (Lipinski definition) is 3.